The van der Waals surface area contributed by atoms with E-state index in [-0.39, 0.29) is 23.6 Å². The quantitative estimate of drug-likeness (QED) is 0.415. The number of halogens is 1. The van der Waals surface area contributed by atoms with Gasteiger partial charge in [0.15, 0.2) is 0 Å². The highest BCUT2D eigenvalue weighted by Crippen LogP contribution is 2.18. The molecular formula is C12H19ClO4. The zero-order chi connectivity index (χ0) is 13.3. The molecule has 0 aliphatic heterocycles. The third-order valence-corrected chi connectivity index (χ3v) is 2.60. The Bertz CT molecular complexity index is 297. The summed E-state index contributed by atoms with van der Waals surface area (Å²) in [5, 5.41) is 8.64. The Balaban J connectivity index is 4.57. The first-order valence-electron chi connectivity index (χ1n) is 5.83. The van der Waals surface area contributed by atoms with Crippen LogP contribution < -0.4 is 0 Å². The maximum absolute atomic E-state index is 11.5. The zero-order valence-electron chi connectivity index (χ0n) is 10.3. The zero-order valence-corrected chi connectivity index (χ0v) is 11.0. The summed E-state index contributed by atoms with van der Waals surface area (Å²) in [6.07, 6.45) is 3.45. The molecule has 0 atom stereocenters. The van der Waals surface area contributed by atoms with Crippen molar-refractivity contribution >= 4 is 23.5 Å². The largest absolute Gasteiger partial charge is 0.478 e. The molecule has 0 radical (unpaired) electrons. The first-order chi connectivity index (χ1) is 8.04. The van der Waals surface area contributed by atoms with Crippen LogP contribution in [0.5, 0.6) is 0 Å². The molecule has 5 heteroatoms. The number of aliphatic carboxylic acids is 1. The number of carboxylic acid groups (broad SMARTS) is 1. The van der Waals surface area contributed by atoms with Crippen LogP contribution in [0.2, 0.25) is 0 Å². The first kappa shape index (κ1) is 16.0. The molecule has 1 N–H and O–H groups in total. The lowest BCUT2D eigenvalue weighted by atomic mass is 10.1. The van der Waals surface area contributed by atoms with Crippen LogP contribution in [0.25, 0.3) is 0 Å². The van der Waals surface area contributed by atoms with Crippen molar-refractivity contribution in [1.29, 1.82) is 0 Å². The van der Waals surface area contributed by atoms with E-state index in [1.54, 1.807) is 0 Å². The maximum atomic E-state index is 11.5. The van der Waals surface area contributed by atoms with E-state index in [1.165, 1.54) is 0 Å². The number of hydrogen-bond donors (Lipinski definition) is 1. The van der Waals surface area contributed by atoms with Crippen LogP contribution in [0.3, 0.4) is 0 Å². The summed E-state index contributed by atoms with van der Waals surface area (Å²) < 4.78 is 4.86. The van der Waals surface area contributed by atoms with Crippen LogP contribution >= 0.6 is 11.6 Å². The molecule has 0 aromatic heterocycles. The molecule has 0 aromatic rings. The minimum atomic E-state index is -1.16. The van der Waals surface area contributed by atoms with Crippen LogP contribution in [0.4, 0.5) is 0 Å². The Morgan fingerprint density at radius 1 is 1.18 bits per heavy atom. The molecule has 98 valence electrons. The lowest BCUT2D eigenvalue weighted by Crippen LogP contribution is -2.12. The van der Waals surface area contributed by atoms with Gasteiger partial charge >= 0.3 is 11.9 Å². The van der Waals surface area contributed by atoms with Crippen LogP contribution in [0.15, 0.2) is 10.6 Å². The number of ether oxygens (including phenoxy) is 1. The molecule has 0 bridgehead atoms. The third-order valence-electron chi connectivity index (χ3n) is 2.21. The summed E-state index contributed by atoms with van der Waals surface area (Å²) in [5.74, 6) is -1.90. The summed E-state index contributed by atoms with van der Waals surface area (Å²) in [6.45, 7) is 4.17. The van der Waals surface area contributed by atoms with Crippen molar-refractivity contribution < 1.29 is 19.4 Å². The van der Waals surface area contributed by atoms with Gasteiger partial charge in [-0.1, -0.05) is 38.3 Å². The molecule has 0 heterocycles. The van der Waals surface area contributed by atoms with Crippen molar-refractivity contribution in [2.75, 3.05) is 6.61 Å². The second-order valence-corrected chi connectivity index (χ2v) is 4.07. The van der Waals surface area contributed by atoms with Gasteiger partial charge < -0.3 is 9.84 Å². The molecular weight excluding hydrogens is 244 g/mol. The fraction of sp³-hybridized carbons (Fsp3) is 0.667. The fourth-order valence-electron chi connectivity index (χ4n) is 1.16. The Morgan fingerprint density at radius 2 is 1.76 bits per heavy atom. The summed E-state index contributed by atoms with van der Waals surface area (Å²) >= 11 is 5.73. The number of esters is 1. The van der Waals surface area contributed by atoms with Crippen molar-refractivity contribution in [3.63, 3.8) is 0 Å². The number of carboxylic acids is 1. The number of carbonyl (C=O) groups is 2. The standard InChI is InChI=1S/C12H19ClO4/c1-3-5-7-9(11(14)15)10(13)12(16)17-8-6-4-2/h3-8H2,1-2H3,(H,14,15). The van der Waals surface area contributed by atoms with Crippen LogP contribution in [-0.4, -0.2) is 23.7 Å². The van der Waals surface area contributed by atoms with E-state index in [0.29, 0.717) is 6.42 Å². The Labute approximate surface area is 107 Å². The maximum Gasteiger partial charge on any atom is 0.350 e. The molecule has 0 saturated heterocycles. The minimum Gasteiger partial charge on any atom is -0.478 e. The molecule has 4 nitrogen and oxygen atoms in total. The highest BCUT2D eigenvalue weighted by Gasteiger charge is 2.19. The minimum absolute atomic E-state index is 0.0602. The monoisotopic (exact) mass is 262 g/mol. The molecule has 0 aliphatic carbocycles. The van der Waals surface area contributed by atoms with E-state index in [0.717, 1.165) is 19.3 Å². The smallest absolute Gasteiger partial charge is 0.350 e. The molecule has 0 rings (SSSR count). The highest BCUT2D eigenvalue weighted by molar-refractivity contribution is 6.43. The second kappa shape index (κ2) is 9.05. The Kier molecular flexibility index (Phi) is 8.50. The Hall–Kier alpha value is -1.03. The van der Waals surface area contributed by atoms with Gasteiger partial charge in [0.2, 0.25) is 0 Å². The average Bonchev–Trinajstić information content (AvgIpc) is 2.29. The lowest BCUT2D eigenvalue weighted by molar-refractivity contribution is -0.139. The van der Waals surface area contributed by atoms with E-state index < -0.39 is 11.9 Å². The van der Waals surface area contributed by atoms with Gasteiger partial charge in [-0.3, -0.25) is 0 Å². The molecule has 0 aliphatic rings. The Morgan fingerprint density at radius 3 is 2.24 bits per heavy atom. The summed E-state index contributed by atoms with van der Waals surface area (Å²) in [7, 11) is 0. The SMILES string of the molecule is CCCCOC(=O)C(Cl)=C(CCCC)C(=O)O. The van der Waals surface area contributed by atoms with Crippen LogP contribution in [0, 0.1) is 0 Å². The van der Waals surface area contributed by atoms with Gasteiger partial charge in [-0.25, -0.2) is 9.59 Å². The molecule has 17 heavy (non-hydrogen) atoms. The van der Waals surface area contributed by atoms with Gasteiger partial charge in [0, 0.05) is 0 Å². The lowest BCUT2D eigenvalue weighted by Gasteiger charge is -2.06. The summed E-state index contributed by atoms with van der Waals surface area (Å²) in [5.41, 5.74) is -0.0602. The van der Waals surface area contributed by atoms with Gasteiger partial charge in [-0.2, -0.15) is 0 Å². The van der Waals surface area contributed by atoms with E-state index >= 15 is 0 Å². The third kappa shape index (κ3) is 6.31. The van der Waals surface area contributed by atoms with Crippen LogP contribution in [-0.2, 0) is 14.3 Å². The van der Waals surface area contributed by atoms with E-state index in [9.17, 15) is 9.59 Å². The van der Waals surface area contributed by atoms with Gasteiger partial charge in [0.25, 0.3) is 0 Å². The fourth-order valence-corrected chi connectivity index (χ4v) is 1.39. The number of unbranched alkanes of at least 4 members (excludes halogenated alkanes) is 2. The van der Waals surface area contributed by atoms with E-state index in [2.05, 4.69) is 0 Å². The topological polar surface area (TPSA) is 63.6 Å². The van der Waals surface area contributed by atoms with Crippen molar-refractivity contribution in [3.05, 3.63) is 10.6 Å². The predicted molar refractivity (Wildman–Crippen MR) is 65.9 cm³/mol. The van der Waals surface area contributed by atoms with Crippen molar-refractivity contribution in [2.24, 2.45) is 0 Å². The number of carbonyl (C=O) groups excluding carboxylic acids is 1. The van der Waals surface area contributed by atoms with Crippen molar-refractivity contribution in [1.82, 2.24) is 0 Å². The first-order valence-corrected chi connectivity index (χ1v) is 6.21. The highest BCUT2D eigenvalue weighted by atomic mass is 35.5. The second-order valence-electron chi connectivity index (χ2n) is 3.69. The number of rotatable bonds is 8. The van der Waals surface area contributed by atoms with E-state index in [1.807, 2.05) is 13.8 Å². The normalized spacial score (nSPS) is 11.9. The molecule has 0 saturated carbocycles. The van der Waals surface area contributed by atoms with Gasteiger partial charge in [0.05, 0.1) is 12.2 Å². The summed E-state index contributed by atoms with van der Waals surface area (Å²) in [6, 6.07) is 0. The molecule has 0 fully saturated rings. The van der Waals surface area contributed by atoms with Crippen LogP contribution in [0.1, 0.15) is 46.0 Å². The molecule has 0 spiro atoms. The van der Waals surface area contributed by atoms with Crippen molar-refractivity contribution in [3.8, 4) is 0 Å². The van der Waals surface area contributed by atoms with Gasteiger partial charge in [0.1, 0.15) is 5.03 Å². The van der Waals surface area contributed by atoms with Crippen molar-refractivity contribution in [2.45, 2.75) is 46.0 Å². The summed E-state index contributed by atoms with van der Waals surface area (Å²) in [4.78, 5) is 22.4. The van der Waals surface area contributed by atoms with Gasteiger partial charge in [-0.15, -0.1) is 0 Å². The average molecular weight is 263 g/mol. The molecule has 0 unspecified atom stereocenters. The molecule has 0 amide bonds. The van der Waals surface area contributed by atoms with E-state index in [4.69, 9.17) is 21.4 Å². The predicted octanol–water partition coefficient (Wildman–Crippen LogP) is 3.10. The molecule has 0 aromatic carbocycles. The number of hydrogen-bond acceptors (Lipinski definition) is 3. The van der Waals surface area contributed by atoms with Gasteiger partial charge in [-0.05, 0) is 19.3 Å².